The highest BCUT2D eigenvalue weighted by atomic mass is 19.1. The van der Waals surface area contributed by atoms with E-state index in [9.17, 15) is 4.39 Å². The van der Waals surface area contributed by atoms with E-state index in [1.807, 2.05) is 0 Å². The van der Waals surface area contributed by atoms with Crippen LogP contribution in [0.3, 0.4) is 0 Å². The molecule has 0 saturated heterocycles. The molecule has 1 aliphatic rings. The summed E-state index contributed by atoms with van der Waals surface area (Å²) in [7, 11) is 0. The van der Waals surface area contributed by atoms with Crippen LogP contribution in [0.15, 0.2) is 6.07 Å². The molecule has 1 aromatic rings. The molecule has 4 nitrogen and oxygen atoms in total. The van der Waals surface area contributed by atoms with Gasteiger partial charge in [-0.2, -0.15) is 0 Å². The molecule has 0 radical (unpaired) electrons. The van der Waals surface area contributed by atoms with Crippen LogP contribution < -0.4 is 9.47 Å². The minimum atomic E-state index is -0.869. The molecular formula is C8H7FO4. The number of aliphatic hydroxyl groups excluding tert-OH is 1. The molecule has 0 amide bonds. The van der Waals surface area contributed by atoms with Crippen molar-refractivity contribution in [3.63, 3.8) is 0 Å². The average Bonchev–Trinajstić information content (AvgIpc) is 2.54. The van der Waals surface area contributed by atoms with Crippen LogP contribution in [-0.4, -0.2) is 17.0 Å². The standard InChI is InChI=1S/C8H7FO4/c9-7-4(2-10)8-6(1-5(7)11)12-3-13-8/h1,10-11H,2-3H2. The minimum Gasteiger partial charge on any atom is -0.505 e. The largest absolute Gasteiger partial charge is 0.505 e. The van der Waals surface area contributed by atoms with E-state index in [1.165, 1.54) is 0 Å². The van der Waals surface area contributed by atoms with Gasteiger partial charge in [-0.15, -0.1) is 0 Å². The zero-order chi connectivity index (χ0) is 9.42. The highest BCUT2D eigenvalue weighted by Gasteiger charge is 2.23. The monoisotopic (exact) mass is 186 g/mol. The number of aliphatic hydroxyl groups is 1. The van der Waals surface area contributed by atoms with Crippen LogP contribution in [0.5, 0.6) is 17.2 Å². The van der Waals surface area contributed by atoms with E-state index in [0.29, 0.717) is 0 Å². The molecule has 0 spiro atoms. The van der Waals surface area contributed by atoms with Gasteiger partial charge in [-0.05, 0) is 0 Å². The van der Waals surface area contributed by atoms with Crippen molar-refractivity contribution in [2.24, 2.45) is 0 Å². The molecule has 13 heavy (non-hydrogen) atoms. The maximum Gasteiger partial charge on any atom is 0.231 e. The SMILES string of the molecule is OCc1c(F)c(O)cc2c1OCO2. The number of fused-ring (bicyclic) bond motifs is 1. The molecule has 2 N–H and O–H groups in total. The highest BCUT2D eigenvalue weighted by molar-refractivity contribution is 5.53. The molecule has 0 unspecified atom stereocenters. The summed E-state index contributed by atoms with van der Waals surface area (Å²) in [5.74, 6) is -0.999. The van der Waals surface area contributed by atoms with Gasteiger partial charge in [0.15, 0.2) is 23.1 Å². The lowest BCUT2D eigenvalue weighted by molar-refractivity contribution is 0.170. The van der Waals surface area contributed by atoms with E-state index in [2.05, 4.69) is 0 Å². The van der Waals surface area contributed by atoms with Crippen LogP contribution in [-0.2, 0) is 6.61 Å². The van der Waals surface area contributed by atoms with Crippen molar-refractivity contribution in [3.8, 4) is 17.2 Å². The number of benzene rings is 1. The summed E-state index contributed by atoms with van der Waals surface area (Å²) in [4.78, 5) is 0. The van der Waals surface area contributed by atoms with Crippen molar-refractivity contribution in [2.45, 2.75) is 6.61 Å². The van der Waals surface area contributed by atoms with Gasteiger partial charge in [-0.1, -0.05) is 0 Å². The lowest BCUT2D eigenvalue weighted by Gasteiger charge is -2.05. The molecule has 1 aliphatic heterocycles. The Kier molecular flexibility index (Phi) is 1.73. The third-order valence-electron chi connectivity index (χ3n) is 1.83. The zero-order valence-electron chi connectivity index (χ0n) is 6.58. The van der Waals surface area contributed by atoms with E-state index in [1.54, 1.807) is 0 Å². The lowest BCUT2D eigenvalue weighted by atomic mass is 10.1. The smallest absolute Gasteiger partial charge is 0.231 e. The Morgan fingerprint density at radius 2 is 2.23 bits per heavy atom. The molecular weight excluding hydrogens is 179 g/mol. The number of halogens is 1. The summed E-state index contributed by atoms with van der Waals surface area (Å²) in [6.45, 7) is -0.558. The van der Waals surface area contributed by atoms with Gasteiger partial charge in [0, 0.05) is 6.07 Å². The van der Waals surface area contributed by atoms with Crippen molar-refractivity contribution >= 4 is 0 Å². The fourth-order valence-corrected chi connectivity index (χ4v) is 1.21. The first-order valence-corrected chi connectivity index (χ1v) is 3.65. The second-order valence-electron chi connectivity index (χ2n) is 2.58. The number of rotatable bonds is 1. The van der Waals surface area contributed by atoms with Crippen LogP contribution in [0, 0.1) is 5.82 Å². The van der Waals surface area contributed by atoms with Gasteiger partial charge in [-0.3, -0.25) is 0 Å². The predicted octanol–water partition coefficient (Wildman–Crippen LogP) is 0.752. The van der Waals surface area contributed by atoms with Crippen LogP contribution in [0.25, 0.3) is 0 Å². The highest BCUT2D eigenvalue weighted by Crippen LogP contribution is 2.41. The quantitative estimate of drug-likeness (QED) is 0.679. The van der Waals surface area contributed by atoms with Crippen LogP contribution in [0.1, 0.15) is 5.56 Å². The van der Waals surface area contributed by atoms with Gasteiger partial charge < -0.3 is 19.7 Å². The molecule has 0 atom stereocenters. The van der Waals surface area contributed by atoms with E-state index in [-0.39, 0.29) is 23.9 Å². The molecule has 70 valence electrons. The average molecular weight is 186 g/mol. The summed E-state index contributed by atoms with van der Waals surface area (Å²) in [5, 5.41) is 17.9. The molecule has 0 saturated carbocycles. The van der Waals surface area contributed by atoms with Crippen LogP contribution in [0.4, 0.5) is 4.39 Å². The Hall–Kier alpha value is -1.49. The summed E-state index contributed by atoms with van der Waals surface area (Å²) in [5.41, 5.74) is -0.0764. The van der Waals surface area contributed by atoms with Crippen molar-refractivity contribution in [1.82, 2.24) is 0 Å². The summed E-state index contributed by atoms with van der Waals surface area (Å²) in [6, 6.07) is 1.12. The molecule has 1 heterocycles. The number of ether oxygens (including phenoxy) is 2. The Balaban J connectivity index is 2.64. The number of aromatic hydroxyl groups is 1. The Morgan fingerprint density at radius 1 is 1.46 bits per heavy atom. The fourth-order valence-electron chi connectivity index (χ4n) is 1.21. The summed E-state index contributed by atoms with van der Waals surface area (Å²) >= 11 is 0. The third-order valence-corrected chi connectivity index (χ3v) is 1.83. The normalized spacial score (nSPS) is 13.4. The Bertz CT molecular complexity index is 350. The molecule has 1 aromatic carbocycles. The van der Waals surface area contributed by atoms with E-state index >= 15 is 0 Å². The molecule has 2 rings (SSSR count). The number of phenols is 1. The van der Waals surface area contributed by atoms with Crippen molar-refractivity contribution in [1.29, 1.82) is 0 Å². The molecule has 0 aliphatic carbocycles. The van der Waals surface area contributed by atoms with Gasteiger partial charge in [-0.25, -0.2) is 4.39 Å². The third kappa shape index (κ3) is 1.08. The summed E-state index contributed by atoms with van der Waals surface area (Å²) < 4.78 is 23.0. The molecule has 0 bridgehead atoms. The second kappa shape index (κ2) is 2.77. The second-order valence-corrected chi connectivity index (χ2v) is 2.58. The van der Waals surface area contributed by atoms with Gasteiger partial charge >= 0.3 is 0 Å². The first-order valence-electron chi connectivity index (χ1n) is 3.65. The molecule has 0 fully saturated rings. The predicted molar refractivity (Wildman–Crippen MR) is 40.1 cm³/mol. The molecule has 5 heteroatoms. The van der Waals surface area contributed by atoms with Crippen molar-refractivity contribution < 1.29 is 24.1 Å². The summed E-state index contributed by atoms with van der Waals surface area (Å²) in [6.07, 6.45) is 0. The van der Waals surface area contributed by atoms with E-state index in [0.717, 1.165) is 6.07 Å². The van der Waals surface area contributed by atoms with Gasteiger partial charge in [0.2, 0.25) is 6.79 Å². The Morgan fingerprint density at radius 3 is 2.92 bits per heavy atom. The molecule has 0 aromatic heterocycles. The van der Waals surface area contributed by atoms with E-state index in [4.69, 9.17) is 19.7 Å². The maximum atomic E-state index is 13.1. The number of phenolic OH excluding ortho intramolecular Hbond substituents is 1. The number of hydrogen-bond donors (Lipinski definition) is 2. The van der Waals surface area contributed by atoms with Crippen LogP contribution >= 0.6 is 0 Å². The minimum absolute atomic E-state index is 0.0226. The van der Waals surface area contributed by atoms with Gasteiger partial charge in [0.25, 0.3) is 0 Å². The van der Waals surface area contributed by atoms with Crippen LogP contribution in [0.2, 0.25) is 0 Å². The van der Waals surface area contributed by atoms with E-state index < -0.39 is 18.2 Å². The maximum absolute atomic E-state index is 13.1. The fraction of sp³-hybridized carbons (Fsp3) is 0.250. The van der Waals surface area contributed by atoms with Gasteiger partial charge in [0.1, 0.15) is 0 Å². The lowest BCUT2D eigenvalue weighted by Crippen LogP contribution is -1.96. The zero-order valence-corrected chi connectivity index (χ0v) is 6.58. The topological polar surface area (TPSA) is 58.9 Å². The Labute approximate surface area is 73.1 Å². The number of hydrogen-bond acceptors (Lipinski definition) is 4. The first kappa shape index (κ1) is 8.12. The van der Waals surface area contributed by atoms with Crippen molar-refractivity contribution in [3.05, 3.63) is 17.4 Å². The first-order chi connectivity index (χ1) is 6.24. The van der Waals surface area contributed by atoms with Crippen molar-refractivity contribution in [2.75, 3.05) is 6.79 Å². The van der Waals surface area contributed by atoms with Gasteiger partial charge in [0.05, 0.1) is 12.2 Å².